The van der Waals surface area contributed by atoms with Crippen LogP contribution in [0.15, 0.2) is 30.7 Å². The Morgan fingerprint density at radius 2 is 2.23 bits per heavy atom. The van der Waals surface area contributed by atoms with E-state index in [0.717, 1.165) is 31.9 Å². The maximum Gasteiger partial charge on any atom is 0.0967 e. The molecular weight excluding hydrogens is 276 g/mol. The minimum atomic E-state index is -0.0303. The van der Waals surface area contributed by atoms with E-state index in [9.17, 15) is 0 Å². The summed E-state index contributed by atoms with van der Waals surface area (Å²) in [6.45, 7) is 10.2. The summed E-state index contributed by atoms with van der Waals surface area (Å²) in [5.74, 6) is 0. The highest BCUT2D eigenvalue weighted by Gasteiger charge is 2.25. The molecule has 0 amide bonds. The molecule has 3 rings (SSSR count). The molecule has 2 aromatic heterocycles. The van der Waals surface area contributed by atoms with E-state index >= 15 is 0 Å². The van der Waals surface area contributed by atoms with Crippen molar-refractivity contribution in [3.05, 3.63) is 42.0 Å². The molecule has 6 nitrogen and oxygen atoms in total. The summed E-state index contributed by atoms with van der Waals surface area (Å²) in [7, 11) is 0. The molecule has 1 aliphatic heterocycles. The Labute approximate surface area is 131 Å². The van der Waals surface area contributed by atoms with E-state index < -0.39 is 0 Å². The minimum Gasteiger partial charge on any atom is -0.314 e. The second-order valence-electron chi connectivity index (χ2n) is 6.80. The molecule has 0 radical (unpaired) electrons. The van der Waals surface area contributed by atoms with Crippen molar-refractivity contribution in [3.8, 4) is 0 Å². The molecular formula is C16H24N6. The van der Waals surface area contributed by atoms with Crippen LogP contribution in [-0.4, -0.2) is 44.5 Å². The third-order valence-electron chi connectivity index (χ3n) is 4.02. The van der Waals surface area contributed by atoms with Crippen LogP contribution in [0.25, 0.3) is 0 Å². The van der Waals surface area contributed by atoms with Gasteiger partial charge in [-0.2, -0.15) is 0 Å². The number of hydrogen-bond donors (Lipinski definition) is 1. The van der Waals surface area contributed by atoms with Crippen LogP contribution in [0.4, 0.5) is 0 Å². The third-order valence-corrected chi connectivity index (χ3v) is 4.02. The molecule has 0 aliphatic carbocycles. The molecule has 22 heavy (non-hydrogen) atoms. The van der Waals surface area contributed by atoms with Gasteiger partial charge in [-0.1, -0.05) is 11.3 Å². The standard InChI is InChI=1S/C16H24N6/c1-16(2,3)22-12-14(19-20-22)11-21-8-7-18-10-15(21)13-5-4-6-17-9-13/h4-6,9,12,15,18H,7-8,10-11H2,1-3H3. The molecule has 3 heterocycles. The summed E-state index contributed by atoms with van der Waals surface area (Å²) in [6, 6.07) is 4.48. The quantitative estimate of drug-likeness (QED) is 0.932. The van der Waals surface area contributed by atoms with Gasteiger partial charge in [0.25, 0.3) is 0 Å². The van der Waals surface area contributed by atoms with E-state index in [1.54, 1.807) is 0 Å². The Morgan fingerprint density at radius 3 is 2.91 bits per heavy atom. The van der Waals surface area contributed by atoms with Gasteiger partial charge in [-0.05, 0) is 32.4 Å². The number of piperazine rings is 1. The molecule has 0 spiro atoms. The van der Waals surface area contributed by atoms with Crippen LogP contribution in [0.3, 0.4) is 0 Å². The Bertz CT molecular complexity index is 601. The summed E-state index contributed by atoms with van der Waals surface area (Å²) in [5.41, 5.74) is 2.24. The van der Waals surface area contributed by atoms with Crippen molar-refractivity contribution in [2.75, 3.05) is 19.6 Å². The molecule has 0 aromatic carbocycles. The fourth-order valence-corrected chi connectivity index (χ4v) is 2.74. The molecule has 118 valence electrons. The Balaban J connectivity index is 1.76. The number of nitrogens with one attached hydrogen (secondary N) is 1. The summed E-state index contributed by atoms with van der Waals surface area (Å²) < 4.78 is 1.93. The zero-order valence-corrected chi connectivity index (χ0v) is 13.5. The van der Waals surface area contributed by atoms with Gasteiger partial charge in [-0.15, -0.1) is 5.10 Å². The van der Waals surface area contributed by atoms with Gasteiger partial charge in [-0.3, -0.25) is 9.88 Å². The highest BCUT2D eigenvalue weighted by molar-refractivity contribution is 5.16. The third kappa shape index (κ3) is 3.34. The maximum absolute atomic E-state index is 4.34. The highest BCUT2D eigenvalue weighted by atomic mass is 15.4. The molecule has 0 bridgehead atoms. The number of hydrogen-bond acceptors (Lipinski definition) is 5. The van der Waals surface area contributed by atoms with E-state index in [1.807, 2.05) is 23.1 Å². The van der Waals surface area contributed by atoms with Crippen LogP contribution in [0.1, 0.15) is 38.1 Å². The summed E-state index contributed by atoms with van der Waals surface area (Å²) >= 11 is 0. The van der Waals surface area contributed by atoms with Crippen LogP contribution < -0.4 is 5.32 Å². The monoisotopic (exact) mass is 300 g/mol. The summed E-state index contributed by atoms with van der Waals surface area (Å²) in [4.78, 5) is 6.70. The van der Waals surface area contributed by atoms with Crippen molar-refractivity contribution < 1.29 is 0 Å². The molecule has 1 atom stereocenters. The van der Waals surface area contributed by atoms with Crippen molar-refractivity contribution in [2.45, 2.75) is 38.9 Å². The highest BCUT2D eigenvalue weighted by Crippen LogP contribution is 2.23. The van der Waals surface area contributed by atoms with E-state index in [0.29, 0.717) is 6.04 Å². The van der Waals surface area contributed by atoms with E-state index in [4.69, 9.17) is 0 Å². The average molecular weight is 300 g/mol. The van der Waals surface area contributed by atoms with Gasteiger partial charge in [0, 0.05) is 44.6 Å². The fraction of sp³-hybridized carbons (Fsp3) is 0.562. The minimum absolute atomic E-state index is 0.0303. The Hall–Kier alpha value is -1.79. The van der Waals surface area contributed by atoms with Crippen LogP contribution in [0, 0.1) is 0 Å². The van der Waals surface area contributed by atoms with Crippen molar-refractivity contribution in [1.29, 1.82) is 0 Å². The molecule has 1 unspecified atom stereocenters. The van der Waals surface area contributed by atoms with Gasteiger partial charge in [0.15, 0.2) is 0 Å². The Kier molecular flexibility index (Phi) is 4.22. The van der Waals surface area contributed by atoms with Crippen LogP contribution in [0.5, 0.6) is 0 Å². The van der Waals surface area contributed by atoms with E-state index in [-0.39, 0.29) is 5.54 Å². The first-order valence-corrected chi connectivity index (χ1v) is 7.80. The summed E-state index contributed by atoms with van der Waals surface area (Å²) in [6.07, 6.45) is 5.83. The molecule has 2 aromatic rings. The summed E-state index contributed by atoms with van der Waals surface area (Å²) in [5, 5.41) is 12.1. The van der Waals surface area contributed by atoms with Crippen LogP contribution in [0.2, 0.25) is 0 Å². The smallest absolute Gasteiger partial charge is 0.0967 e. The lowest BCUT2D eigenvalue weighted by molar-refractivity contribution is 0.151. The van der Waals surface area contributed by atoms with Gasteiger partial charge in [0.2, 0.25) is 0 Å². The Morgan fingerprint density at radius 1 is 1.36 bits per heavy atom. The van der Waals surface area contributed by atoms with Crippen LogP contribution >= 0.6 is 0 Å². The second-order valence-corrected chi connectivity index (χ2v) is 6.80. The zero-order valence-electron chi connectivity index (χ0n) is 13.5. The molecule has 1 aliphatic rings. The topological polar surface area (TPSA) is 58.9 Å². The SMILES string of the molecule is CC(C)(C)n1cc(CN2CCNCC2c2cccnc2)nn1. The lowest BCUT2D eigenvalue weighted by Crippen LogP contribution is -2.45. The molecule has 1 N–H and O–H groups in total. The number of nitrogens with zero attached hydrogens (tertiary/aromatic N) is 5. The first-order chi connectivity index (χ1) is 10.5. The number of aromatic nitrogens is 4. The maximum atomic E-state index is 4.34. The zero-order chi connectivity index (χ0) is 15.6. The molecule has 1 fully saturated rings. The van der Waals surface area contributed by atoms with Crippen LogP contribution in [-0.2, 0) is 12.1 Å². The molecule has 6 heteroatoms. The number of rotatable bonds is 3. The van der Waals surface area contributed by atoms with Gasteiger partial charge >= 0.3 is 0 Å². The van der Waals surface area contributed by atoms with Crippen molar-refractivity contribution in [1.82, 2.24) is 30.2 Å². The van der Waals surface area contributed by atoms with E-state index in [2.05, 4.69) is 58.5 Å². The van der Waals surface area contributed by atoms with Gasteiger partial charge in [0.05, 0.1) is 17.4 Å². The van der Waals surface area contributed by atoms with Crippen molar-refractivity contribution in [2.24, 2.45) is 0 Å². The fourth-order valence-electron chi connectivity index (χ4n) is 2.74. The van der Waals surface area contributed by atoms with Gasteiger partial charge in [-0.25, -0.2) is 4.68 Å². The molecule has 0 saturated carbocycles. The first-order valence-electron chi connectivity index (χ1n) is 7.80. The predicted octanol–water partition coefficient (Wildman–Crippen LogP) is 1.57. The lowest BCUT2D eigenvalue weighted by atomic mass is 10.1. The predicted molar refractivity (Wildman–Crippen MR) is 85.3 cm³/mol. The van der Waals surface area contributed by atoms with Gasteiger partial charge in [0.1, 0.15) is 0 Å². The van der Waals surface area contributed by atoms with E-state index in [1.165, 1.54) is 5.56 Å². The second kappa shape index (κ2) is 6.14. The largest absolute Gasteiger partial charge is 0.314 e. The number of pyridine rings is 1. The van der Waals surface area contributed by atoms with Gasteiger partial charge < -0.3 is 5.32 Å². The van der Waals surface area contributed by atoms with Crippen molar-refractivity contribution >= 4 is 0 Å². The molecule has 1 saturated heterocycles. The van der Waals surface area contributed by atoms with Crippen molar-refractivity contribution in [3.63, 3.8) is 0 Å². The average Bonchev–Trinajstić information content (AvgIpc) is 2.97. The first kappa shape index (κ1) is 15.1. The lowest BCUT2D eigenvalue weighted by Gasteiger charge is -2.35. The normalized spacial score (nSPS) is 20.2.